The predicted molar refractivity (Wildman–Crippen MR) is 152 cm³/mol. The fraction of sp³-hybridized carbons (Fsp3) is 0.219. The lowest BCUT2D eigenvalue weighted by Crippen LogP contribution is -2.30. The maximum Gasteiger partial charge on any atom is 0.249 e. The van der Waals surface area contributed by atoms with Gasteiger partial charge in [-0.1, -0.05) is 48.5 Å². The molecule has 0 radical (unpaired) electrons. The van der Waals surface area contributed by atoms with Crippen LogP contribution in [-0.4, -0.2) is 42.0 Å². The first kappa shape index (κ1) is 25.2. The Kier molecular flexibility index (Phi) is 7.48. The summed E-state index contributed by atoms with van der Waals surface area (Å²) in [4.78, 5) is 22.1. The number of amides is 1. The van der Waals surface area contributed by atoms with Crippen molar-refractivity contribution in [2.24, 2.45) is 5.73 Å². The molecule has 1 amide bonds. The highest BCUT2D eigenvalue weighted by Gasteiger charge is 2.20. The summed E-state index contributed by atoms with van der Waals surface area (Å²) in [5.41, 5.74) is 12.7. The van der Waals surface area contributed by atoms with Crippen molar-refractivity contribution in [1.82, 2.24) is 9.88 Å². The smallest absolute Gasteiger partial charge is 0.249 e. The van der Waals surface area contributed by atoms with Crippen LogP contribution in [0.25, 0.3) is 22.3 Å². The lowest BCUT2D eigenvalue weighted by molar-refractivity contribution is 0.100. The number of nitriles is 1. The van der Waals surface area contributed by atoms with Crippen LogP contribution in [0.4, 0.5) is 5.82 Å². The molecule has 1 aromatic heterocycles. The minimum absolute atomic E-state index is 0.454. The highest BCUT2D eigenvalue weighted by Crippen LogP contribution is 2.38. The van der Waals surface area contributed by atoms with Gasteiger partial charge in [0.2, 0.25) is 5.91 Å². The lowest BCUT2D eigenvalue weighted by atomic mass is 9.87. The van der Waals surface area contributed by atoms with Crippen molar-refractivity contribution in [2.75, 3.05) is 31.1 Å². The number of nitrogens with two attached hydrogens (primary N) is 1. The molecule has 0 aliphatic carbocycles. The third-order valence-corrected chi connectivity index (χ3v) is 7.18. The van der Waals surface area contributed by atoms with Crippen molar-refractivity contribution < 1.29 is 4.79 Å². The van der Waals surface area contributed by atoms with Gasteiger partial charge in [0.05, 0.1) is 11.6 Å². The fourth-order valence-corrected chi connectivity index (χ4v) is 5.22. The molecule has 3 aromatic carbocycles. The number of nitrogens with zero attached hydrogens (tertiary/aromatic N) is 4. The molecule has 1 saturated heterocycles. The van der Waals surface area contributed by atoms with Gasteiger partial charge in [0, 0.05) is 55.6 Å². The van der Waals surface area contributed by atoms with E-state index in [1.165, 1.54) is 5.56 Å². The van der Waals surface area contributed by atoms with E-state index < -0.39 is 5.91 Å². The number of aromatic nitrogens is 1. The van der Waals surface area contributed by atoms with Gasteiger partial charge in [0.15, 0.2) is 0 Å². The van der Waals surface area contributed by atoms with Crippen LogP contribution in [0, 0.1) is 18.3 Å². The second kappa shape index (κ2) is 11.3. The Morgan fingerprint density at radius 2 is 1.66 bits per heavy atom. The highest BCUT2D eigenvalue weighted by atomic mass is 16.1. The average Bonchev–Trinajstić information content (AvgIpc) is 3.19. The van der Waals surface area contributed by atoms with Crippen molar-refractivity contribution >= 4 is 11.7 Å². The Bertz CT molecular complexity index is 1460. The molecule has 0 bridgehead atoms. The molecule has 38 heavy (non-hydrogen) atoms. The number of anilines is 1. The topological polar surface area (TPSA) is 86.2 Å². The molecule has 0 saturated carbocycles. The van der Waals surface area contributed by atoms with Crippen LogP contribution < -0.4 is 10.6 Å². The van der Waals surface area contributed by atoms with Crippen molar-refractivity contribution in [3.05, 3.63) is 107 Å². The van der Waals surface area contributed by atoms with E-state index in [0.29, 0.717) is 11.1 Å². The first-order chi connectivity index (χ1) is 18.5. The third kappa shape index (κ3) is 5.44. The molecule has 0 unspecified atom stereocenters. The van der Waals surface area contributed by atoms with Gasteiger partial charge in [0.1, 0.15) is 5.82 Å². The summed E-state index contributed by atoms with van der Waals surface area (Å²) in [5, 5.41) is 9.21. The van der Waals surface area contributed by atoms with E-state index in [2.05, 4.69) is 46.2 Å². The molecular weight excluding hydrogens is 470 g/mol. The molecule has 2 N–H and O–H groups in total. The summed E-state index contributed by atoms with van der Waals surface area (Å²) >= 11 is 0. The second-order valence-electron chi connectivity index (χ2n) is 9.74. The Morgan fingerprint density at radius 1 is 0.895 bits per heavy atom. The van der Waals surface area contributed by atoms with Crippen molar-refractivity contribution in [3.8, 4) is 28.3 Å². The zero-order valence-corrected chi connectivity index (χ0v) is 21.6. The maximum absolute atomic E-state index is 12.5. The minimum atomic E-state index is -0.481. The van der Waals surface area contributed by atoms with Gasteiger partial charge in [-0.05, 0) is 65.9 Å². The van der Waals surface area contributed by atoms with Crippen LogP contribution in [0.3, 0.4) is 0 Å². The number of carbonyl (C=O) groups excluding carboxylic acids is 1. The monoisotopic (exact) mass is 501 g/mol. The van der Waals surface area contributed by atoms with E-state index in [-0.39, 0.29) is 0 Å². The summed E-state index contributed by atoms with van der Waals surface area (Å²) in [6.45, 7) is 6.87. The van der Waals surface area contributed by atoms with Crippen LogP contribution in [-0.2, 0) is 6.54 Å². The molecule has 2 heterocycles. The first-order valence-corrected chi connectivity index (χ1v) is 12.9. The lowest BCUT2D eigenvalue weighted by Gasteiger charge is -2.23. The molecule has 5 rings (SSSR count). The van der Waals surface area contributed by atoms with Gasteiger partial charge >= 0.3 is 0 Å². The molecule has 1 aliphatic rings. The number of hydrogen-bond donors (Lipinski definition) is 1. The number of primary amides is 1. The molecule has 0 spiro atoms. The van der Waals surface area contributed by atoms with Crippen LogP contribution in [0.5, 0.6) is 0 Å². The van der Waals surface area contributed by atoms with E-state index >= 15 is 0 Å². The zero-order valence-electron chi connectivity index (χ0n) is 21.6. The summed E-state index contributed by atoms with van der Waals surface area (Å²) < 4.78 is 0. The predicted octanol–water partition coefficient (Wildman–Crippen LogP) is 5.41. The van der Waals surface area contributed by atoms with Gasteiger partial charge in [-0.2, -0.15) is 5.26 Å². The first-order valence-electron chi connectivity index (χ1n) is 12.9. The van der Waals surface area contributed by atoms with Crippen LogP contribution in [0.1, 0.15) is 33.5 Å². The molecule has 1 fully saturated rings. The summed E-state index contributed by atoms with van der Waals surface area (Å²) in [6.07, 6.45) is 2.92. The van der Waals surface area contributed by atoms with Crippen LogP contribution >= 0.6 is 0 Å². The number of pyridine rings is 1. The van der Waals surface area contributed by atoms with Crippen molar-refractivity contribution in [1.29, 1.82) is 5.26 Å². The number of carbonyl (C=O) groups is 1. The molecule has 0 atom stereocenters. The van der Waals surface area contributed by atoms with E-state index in [1.54, 1.807) is 18.2 Å². The normalized spacial score (nSPS) is 14.1. The van der Waals surface area contributed by atoms with Crippen molar-refractivity contribution in [3.63, 3.8) is 0 Å². The van der Waals surface area contributed by atoms with E-state index in [0.717, 1.165) is 72.8 Å². The SMILES string of the molecule is Cc1ccc(C(N)=O)c(-c2ccc(N3CCCN(Cc4ccccc4)CC3)nc2)c1-c1ccc(C#N)cc1. The molecule has 6 heteroatoms. The summed E-state index contributed by atoms with van der Waals surface area (Å²) in [7, 11) is 0. The Balaban J connectivity index is 1.42. The van der Waals surface area contributed by atoms with Gasteiger partial charge < -0.3 is 10.6 Å². The van der Waals surface area contributed by atoms with E-state index in [9.17, 15) is 10.1 Å². The number of rotatable bonds is 6. The number of benzene rings is 3. The zero-order chi connectivity index (χ0) is 26.5. The van der Waals surface area contributed by atoms with Crippen molar-refractivity contribution in [2.45, 2.75) is 19.9 Å². The number of aryl methyl sites for hydroxylation is 1. The quantitative estimate of drug-likeness (QED) is 0.382. The summed E-state index contributed by atoms with van der Waals surface area (Å²) in [5.74, 6) is 0.452. The molecular formula is C32H31N5O. The molecule has 190 valence electrons. The fourth-order valence-electron chi connectivity index (χ4n) is 5.22. The maximum atomic E-state index is 12.5. The standard InChI is InChI=1S/C32H31N5O/c1-23-8-14-28(32(34)38)31(30(23)26-11-9-24(20-33)10-12-26)27-13-15-29(35-21-27)37-17-5-16-36(18-19-37)22-25-6-3-2-4-7-25/h2-4,6-15,21H,5,16-19,22H2,1H3,(H2,34,38). The molecule has 1 aliphatic heterocycles. The Labute approximate surface area is 224 Å². The third-order valence-electron chi connectivity index (χ3n) is 7.18. The molecule has 4 aromatic rings. The van der Waals surface area contributed by atoms with E-state index in [1.807, 2.05) is 43.5 Å². The van der Waals surface area contributed by atoms with Crippen LogP contribution in [0.15, 0.2) is 85.1 Å². The van der Waals surface area contributed by atoms with Gasteiger partial charge in [-0.15, -0.1) is 0 Å². The van der Waals surface area contributed by atoms with Gasteiger partial charge in [0.25, 0.3) is 0 Å². The Morgan fingerprint density at radius 3 is 2.34 bits per heavy atom. The van der Waals surface area contributed by atoms with E-state index in [4.69, 9.17) is 10.7 Å². The van der Waals surface area contributed by atoms with Gasteiger partial charge in [-0.3, -0.25) is 9.69 Å². The van der Waals surface area contributed by atoms with Gasteiger partial charge in [-0.25, -0.2) is 4.98 Å². The summed E-state index contributed by atoms with van der Waals surface area (Å²) in [6, 6.07) is 27.9. The molecule has 6 nitrogen and oxygen atoms in total. The number of hydrogen-bond acceptors (Lipinski definition) is 5. The highest BCUT2D eigenvalue weighted by molar-refractivity contribution is 6.04. The minimum Gasteiger partial charge on any atom is -0.366 e. The van der Waals surface area contributed by atoms with Crippen LogP contribution in [0.2, 0.25) is 0 Å². The Hall–Kier alpha value is -4.47. The second-order valence-corrected chi connectivity index (χ2v) is 9.74. The largest absolute Gasteiger partial charge is 0.366 e. The average molecular weight is 502 g/mol.